The quantitative estimate of drug-likeness (QED) is 0.470. The van der Waals surface area contributed by atoms with Gasteiger partial charge in [-0.1, -0.05) is 24.3 Å². The first-order chi connectivity index (χ1) is 15.2. The van der Waals surface area contributed by atoms with Crippen molar-refractivity contribution >= 4 is 17.6 Å². The molecule has 1 fully saturated rings. The third kappa shape index (κ3) is 5.54. The summed E-state index contributed by atoms with van der Waals surface area (Å²) in [6.45, 7) is 3.91. The average molecular weight is 422 g/mol. The lowest BCUT2D eigenvalue weighted by molar-refractivity contribution is -0.116. The fourth-order valence-corrected chi connectivity index (χ4v) is 4.22. The molecule has 2 heterocycles. The maximum absolute atomic E-state index is 12.1. The molecule has 7 nitrogen and oxygen atoms in total. The highest BCUT2D eigenvalue weighted by Gasteiger charge is 2.25. The summed E-state index contributed by atoms with van der Waals surface area (Å²) >= 11 is 0. The minimum atomic E-state index is 0.0523. The van der Waals surface area contributed by atoms with Gasteiger partial charge in [0.1, 0.15) is 6.10 Å². The van der Waals surface area contributed by atoms with Crippen molar-refractivity contribution in [3.05, 3.63) is 53.7 Å². The highest BCUT2D eigenvalue weighted by Crippen LogP contribution is 2.31. The van der Waals surface area contributed by atoms with Crippen LogP contribution in [0.15, 0.2) is 47.6 Å². The van der Waals surface area contributed by atoms with Gasteiger partial charge in [-0.05, 0) is 50.3 Å². The fraction of sp³-hybridized carbons (Fsp3) is 0.458. The van der Waals surface area contributed by atoms with Crippen LogP contribution < -0.4 is 20.7 Å². The molecule has 1 unspecified atom stereocenters. The summed E-state index contributed by atoms with van der Waals surface area (Å²) in [4.78, 5) is 21.3. The Morgan fingerprint density at radius 2 is 2.03 bits per heavy atom. The number of nitrogens with zero attached hydrogens (tertiary/aromatic N) is 2. The van der Waals surface area contributed by atoms with Gasteiger partial charge in [0.25, 0.3) is 0 Å². The Kier molecular flexibility index (Phi) is 7.02. The SMILES string of the molecule is CCNC(=NCc1cccnc1OC1CCCC1)NCC1CC(=O)Nc2ccccc21. The van der Waals surface area contributed by atoms with Crippen molar-refractivity contribution in [2.75, 3.05) is 18.4 Å². The largest absolute Gasteiger partial charge is 0.474 e. The van der Waals surface area contributed by atoms with Gasteiger partial charge in [0, 0.05) is 42.9 Å². The second kappa shape index (κ2) is 10.3. The summed E-state index contributed by atoms with van der Waals surface area (Å²) in [6, 6.07) is 11.9. The Morgan fingerprint density at radius 3 is 2.87 bits per heavy atom. The van der Waals surface area contributed by atoms with E-state index in [1.807, 2.05) is 37.3 Å². The lowest BCUT2D eigenvalue weighted by atomic mass is 9.90. The summed E-state index contributed by atoms with van der Waals surface area (Å²) in [7, 11) is 0. The predicted octanol–water partition coefficient (Wildman–Crippen LogP) is 3.58. The van der Waals surface area contributed by atoms with Gasteiger partial charge in [-0.15, -0.1) is 0 Å². The van der Waals surface area contributed by atoms with Crippen LogP contribution in [0.5, 0.6) is 5.88 Å². The monoisotopic (exact) mass is 421 g/mol. The zero-order valence-corrected chi connectivity index (χ0v) is 18.1. The van der Waals surface area contributed by atoms with Gasteiger partial charge in [-0.2, -0.15) is 0 Å². The molecule has 2 aromatic rings. The zero-order valence-electron chi connectivity index (χ0n) is 18.1. The molecule has 0 saturated heterocycles. The molecule has 1 aromatic carbocycles. The normalized spacial score (nSPS) is 18.9. The van der Waals surface area contributed by atoms with Crippen molar-refractivity contribution in [3.8, 4) is 5.88 Å². The highest BCUT2D eigenvalue weighted by atomic mass is 16.5. The van der Waals surface area contributed by atoms with E-state index in [2.05, 4.69) is 27.0 Å². The van der Waals surface area contributed by atoms with Crippen LogP contribution >= 0.6 is 0 Å². The number of guanidine groups is 1. The molecule has 1 saturated carbocycles. The molecule has 0 radical (unpaired) electrons. The van der Waals surface area contributed by atoms with E-state index >= 15 is 0 Å². The second-order valence-electron chi connectivity index (χ2n) is 8.10. The van der Waals surface area contributed by atoms with Crippen molar-refractivity contribution in [3.63, 3.8) is 0 Å². The minimum Gasteiger partial charge on any atom is -0.474 e. The number of aliphatic imine (C=N–C) groups is 1. The first-order valence-electron chi connectivity index (χ1n) is 11.2. The van der Waals surface area contributed by atoms with Crippen LogP contribution in [-0.2, 0) is 11.3 Å². The first kappa shape index (κ1) is 21.2. The molecule has 7 heteroatoms. The van der Waals surface area contributed by atoms with Gasteiger partial charge in [0.2, 0.25) is 11.8 Å². The van der Waals surface area contributed by atoms with E-state index < -0.39 is 0 Å². The predicted molar refractivity (Wildman–Crippen MR) is 122 cm³/mol. The van der Waals surface area contributed by atoms with Crippen molar-refractivity contribution in [1.82, 2.24) is 15.6 Å². The van der Waals surface area contributed by atoms with Gasteiger partial charge in [-0.25, -0.2) is 9.98 Å². The van der Waals surface area contributed by atoms with Gasteiger partial charge in [0.05, 0.1) is 6.54 Å². The number of hydrogen-bond acceptors (Lipinski definition) is 4. The topological polar surface area (TPSA) is 87.6 Å². The molecule has 3 N–H and O–H groups in total. The Labute approximate surface area is 183 Å². The molecule has 1 amide bonds. The molecular weight excluding hydrogens is 390 g/mol. The first-order valence-corrected chi connectivity index (χ1v) is 11.2. The van der Waals surface area contributed by atoms with E-state index in [1.165, 1.54) is 12.8 Å². The number of fused-ring (bicyclic) bond motifs is 1. The molecular formula is C24H31N5O2. The van der Waals surface area contributed by atoms with Crippen LogP contribution in [0.2, 0.25) is 0 Å². The van der Waals surface area contributed by atoms with E-state index in [4.69, 9.17) is 9.73 Å². The number of hydrogen-bond donors (Lipinski definition) is 3. The van der Waals surface area contributed by atoms with Crippen LogP contribution in [0.4, 0.5) is 5.69 Å². The van der Waals surface area contributed by atoms with Crippen LogP contribution in [0, 0.1) is 0 Å². The number of nitrogens with one attached hydrogen (secondary N) is 3. The van der Waals surface area contributed by atoms with Crippen molar-refractivity contribution in [2.24, 2.45) is 4.99 Å². The van der Waals surface area contributed by atoms with Crippen LogP contribution in [0.3, 0.4) is 0 Å². The number of carbonyl (C=O) groups excluding carboxylic acids is 1. The number of carbonyl (C=O) groups is 1. The van der Waals surface area contributed by atoms with Crippen LogP contribution in [-0.4, -0.2) is 36.0 Å². The van der Waals surface area contributed by atoms with Crippen LogP contribution in [0.25, 0.3) is 0 Å². The molecule has 4 rings (SSSR count). The lowest BCUT2D eigenvalue weighted by Crippen LogP contribution is -2.40. The number of anilines is 1. The minimum absolute atomic E-state index is 0.0523. The second-order valence-corrected chi connectivity index (χ2v) is 8.10. The summed E-state index contributed by atoms with van der Waals surface area (Å²) < 4.78 is 6.14. The van der Waals surface area contributed by atoms with Crippen molar-refractivity contribution < 1.29 is 9.53 Å². The lowest BCUT2D eigenvalue weighted by Gasteiger charge is -2.26. The third-order valence-corrected chi connectivity index (χ3v) is 5.80. The number of ether oxygens (including phenoxy) is 1. The molecule has 0 bridgehead atoms. The van der Waals surface area contributed by atoms with Gasteiger partial charge < -0.3 is 20.7 Å². The van der Waals surface area contributed by atoms with E-state index in [9.17, 15) is 4.79 Å². The summed E-state index contributed by atoms with van der Waals surface area (Å²) in [5, 5.41) is 9.66. The molecule has 0 spiro atoms. The molecule has 1 aliphatic heterocycles. The Hall–Kier alpha value is -3.09. The van der Waals surface area contributed by atoms with Crippen LogP contribution in [0.1, 0.15) is 56.1 Å². The molecule has 1 atom stereocenters. The number of para-hydroxylation sites is 1. The molecule has 1 aromatic heterocycles. The number of aromatic nitrogens is 1. The Balaban J connectivity index is 1.42. The van der Waals surface area contributed by atoms with Crippen molar-refractivity contribution in [2.45, 2.75) is 57.6 Å². The van der Waals surface area contributed by atoms with E-state index in [1.54, 1.807) is 6.20 Å². The van der Waals surface area contributed by atoms with Crippen molar-refractivity contribution in [1.29, 1.82) is 0 Å². The van der Waals surface area contributed by atoms with Gasteiger partial charge in [0.15, 0.2) is 5.96 Å². The maximum Gasteiger partial charge on any atom is 0.225 e. The third-order valence-electron chi connectivity index (χ3n) is 5.80. The summed E-state index contributed by atoms with van der Waals surface area (Å²) in [5.41, 5.74) is 3.04. The van der Waals surface area contributed by atoms with E-state index in [-0.39, 0.29) is 17.9 Å². The zero-order chi connectivity index (χ0) is 21.5. The Morgan fingerprint density at radius 1 is 1.19 bits per heavy atom. The Bertz CT molecular complexity index is 924. The number of pyridine rings is 1. The number of amides is 1. The molecule has 1 aliphatic carbocycles. The summed E-state index contributed by atoms with van der Waals surface area (Å²) in [6.07, 6.45) is 7.14. The van der Waals surface area contributed by atoms with Gasteiger partial charge in [-0.3, -0.25) is 4.79 Å². The molecule has 2 aliphatic rings. The van der Waals surface area contributed by atoms with E-state index in [0.717, 1.165) is 42.2 Å². The van der Waals surface area contributed by atoms with Gasteiger partial charge >= 0.3 is 0 Å². The summed E-state index contributed by atoms with van der Waals surface area (Å²) in [5.74, 6) is 1.57. The standard InChI is InChI=1S/C24H31N5O2/c1-2-25-24(28-16-18-14-22(30)29-21-12-6-5-11-20(18)21)27-15-17-8-7-13-26-23(17)31-19-9-3-4-10-19/h5-8,11-13,18-19H,2-4,9-10,14-16H2,1H3,(H,29,30)(H2,25,27,28). The fourth-order valence-electron chi connectivity index (χ4n) is 4.22. The molecule has 164 valence electrons. The molecule has 31 heavy (non-hydrogen) atoms. The highest BCUT2D eigenvalue weighted by molar-refractivity contribution is 5.94. The van der Waals surface area contributed by atoms with E-state index in [0.29, 0.717) is 25.4 Å². The average Bonchev–Trinajstić information content (AvgIpc) is 3.29. The number of rotatable bonds is 7. The number of benzene rings is 1. The maximum atomic E-state index is 12.1. The smallest absolute Gasteiger partial charge is 0.225 e.